The summed E-state index contributed by atoms with van der Waals surface area (Å²) in [6, 6.07) is 5.70. The lowest BCUT2D eigenvalue weighted by atomic mass is 10.1. The molecule has 102 valence electrons. The molecule has 0 aliphatic carbocycles. The average Bonchev–Trinajstić information content (AvgIpc) is 2.32. The molecule has 0 fully saturated rings. The molecule has 4 nitrogen and oxygen atoms in total. The lowest BCUT2D eigenvalue weighted by Crippen LogP contribution is -2.15. The van der Waals surface area contributed by atoms with Crippen LogP contribution in [0.25, 0.3) is 0 Å². The summed E-state index contributed by atoms with van der Waals surface area (Å²) < 4.78 is 28.9. The van der Waals surface area contributed by atoms with Gasteiger partial charge in [-0.3, -0.25) is 0 Å². The molecule has 1 aromatic carbocycles. The molecule has 18 heavy (non-hydrogen) atoms. The Hall–Kier alpha value is -0.590. The van der Waals surface area contributed by atoms with Crippen molar-refractivity contribution in [2.24, 2.45) is 5.73 Å². The Bertz CT molecular complexity index is 488. The molecule has 0 aliphatic heterocycles. The third kappa shape index (κ3) is 4.96. The first-order chi connectivity index (χ1) is 8.48. The van der Waals surface area contributed by atoms with E-state index in [4.69, 9.17) is 10.5 Å². The highest BCUT2D eigenvalue weighted by Gasteiger charge is 2.08. The zero-order valence-corrected chi connectivity index (χ0v) is 12.8. The van der Waals surface area contributed by atoms with E-state index in [0.29, 0.717) is 12.3 Å². The van der Waals surface area contributed by atoms with Gasteiger partial charge in [0.25, 0.3) is 0 Å². The largest absolute Gasteiger partial charge is 0.491 e. The fraction of sp³-hybridized carbons (Fsp3) is 0.500. The Balaban J connectivity index is 2.58. The summed E-state index contributed by atoms with van der Waals surface area (Å²) in [5, 5.41) is 0. The SMILES string of the molecule is CCS(=O)(=O)CCOc1ccc(CCN)cc1Br. The van der Waals surface area contributed by atoms with Crippen molar-refractivity contribution in [3.63, 3.8) is 0 Å². The molecule has 0 radical (unpaired) electrons. The van der Waals surface area contributed by atoms with E-state index in [1.54, 1.807) is 6.92 Å². The molecule has 0 saturated carbocycles. The topological polar surface area (TPSA) is 69.4 Å². The predicted molar refractivity (Wildman–Crippen MR) is 76.7 cm³/mol. The van der Waals surface area contributed by atoms with E-state index in [0.717, 1.165) is 16.5 Å². The minimum absolute atomic E-state index is 0.0422. The van der Waals surface area contributed by atoms with Crippen LogP contribution in [0, 0.1) is 0 Å². The van der Waals surface area contributed by atoms with Crippen LogP contribution < -0.4 is 10.5 Å². The molecule has 0 atom stereocenters. The summed E-state index contributed by atoms with van der Waals surface area (Å²) in [7, 11) is -2.98. The van der Waals surface area contributed by atoms with Crippen LogP contribution >= 0.6 is 15.9 Å². The minimum atomic E-state index is -2.98. The van der Waals surface area contributed by atoms with E-state index in [1.165, 1.54) is 0 Å². The standard InChI is InChI=1S/C12H18BrNO3S/c1-2-18(15,16)8-7-17-12-4-3-10(5-6-14)9-11(12)13/h3-4,9H,2,5-8,14H2,1H3. The fourth-order valence-corrected chi connectivity index (χ4v) is 2.57. The number of ether oxygens (including phenoxy) is 1. The van der Waals surface area contributed by atoms with Crippen LogP contribution in [-0.2, 0) is 16.3 Å². The molecule has 6 heteroatoms. The van der Waals surface area contributed by atoms with Crippen molar-refractivity contribution in [3.05, 3.63) is 28.2 Å². The smallest absolute Gasteiger partial charge is 0.153 e. The maximum Gasteiger partial charge on any atom is 0.153 e. The molecule has 0 aliphatic rings. The van der Waals surface area contributed by atoms with Crippen molar-refractivity contribution in [1.82, 2.24) is 0 Å². The van der Waals surface area contributed by atoms with E-state index in [-0.39, 0.29) is 18.1 Å². The van der Waals surface area contributed by atoms with Gasteiger partial charge in [0.2, 0.25) is 0 Å². The van der Waals surface area contributed by atoms with Crippen LogP contribution in [0.15, 0.2) is 22.7 Å². The highest BCUT2D eigenvalue weighted by Crippen LogP contribution is 2.26. The highest BCUT2D eigenvalue weighted by atomic mass is 79.9. The van der Waals surface area contributed by atoms with Crippen molar-refractivity contribution in [2.75, 3.05) is 24.7 Å². The first-order valence-corrected chi connectivity index (χ1v) is 8.41. The van der Waals surface area contributed by atoms with E-state index >= 15 is 0 Å². The molecule has 1 rings (SSSR count). The van der Waals surface area contributed by atoms with Crippen molar-refractivity contribution in [2.45, 2.75) is 13.3 Å². The molecule has 0 amide bonds. The maximum atomic E-state index is 11.3. The monoisotopic (exact) mass is 335 g/mol. The molecule has 0 heterocycles. The highest BCUT2D eigenvalue weighted by molar-refractivity contribution is 9.10. The van der Waals surface area contributed by atoms with Gasteiger partial charge in [0.1, 0.15) is 12.4 Å². The minimum Gasteiger partial charge on any atom is -0.491 e. The van der Waals surface area contributed by atoms with Crippen LogP contribution in [0.4, 0.5) is 0 Å². The van der Waals surface area contributed by atoms with Gasteiger partial charge in [-0.25, -0.2) is 8.42 Å². The normalized spacial score (nSPS) is 11.5. The summed E-state index contributed by atoms with van der Waals surface area (Å²) in [4.78, 5) is 0. The van der Waals surface area contributed by atoms with E-state index in [1.807, 2.05) is 18.2 Å². The van der Waals surface area contributed by atoms with Crippen molar-refractivity contribution >= 4 is 25.8 Å². The molecule has 0 bridgehead atoms. The number of sulfone groups is 1. The number of rotatable bonds is 7. The van der Waals surface area contributed by atoms with Crippen molar-refractivity contribution in [1.29, 1.82) is 0 Å². The summed E-state index contributed by atoms with van der Waals surface area (Å²) in [5.74, 6) is 0.843. The second kappa shape index (κ2) is 7.11. The van der Waals surface area contributed by atoms with Gasteiger partial charge >= 0.3 is 0 Å². The lowest BCUT2D eigenvalue weighted by molar-refractivity contribution is 0.338. The quantitative estimate of drug-likeness (QED) is 0.824. The second-order valence-electron chi connectivity index (χ2n) is 3.89. The molecular formula is C12H18BrNO3S. The zero-order valence-electron chi connectivity index (χ0n) is 10.4. The van der Waals surface area contributed by atoms with Gasteiger partial charge in [0, 0.05) is 5.75 Å². The molecule has 2 N–H and O–H groups in total. The first kappa shape index (κ1) is 15.5. The van der Waals surface area contributed by atoms with Crippen molar-refractivity contribution in [3.8, 4) is 5.75 Å². The van der Waals surface area contributed by atoms with Gasteiger partial charge in [0.15, 0.2) is 9.84 Å². The van der Waals surface area contributed by atoms with Gasteiger partial charge in [-0.05, 0) is 46.6 Å². The molecule has 0 spiro atoms. The first-order valence-electron chi connectivity index (χ1n) is 5.80. The van der Waals surface area contributed by atoms with Crippen LogP contribution in [0.2, 0.25) is 0 Å². The number of hydrogen-bond donors (Lipinski definition) is 1. The number of benzene rings is 1. The van der Waals surface area contributed by atoms with E-state index in [9.17, 15) is 8.42 Å². The molecular weight excluding hydrogens is 318 g/mol. The summed E-state index contributed by atoms with van der Waals surface area (Å²) in [6.45, 7) is 2.40. The third-order valence-corrected chi connectivity index (χ3v) is 4.81. The summed E-state index contributed by atoms with van der Waals surface area (Å²) in [5.41, 5.74) is 6.60. The summed E-state index contributed by atoms with van der Waals surface area (Å²) >= 11 is 3.40. The average molecular weight is 336 g/mol. The Kier molecular flexibility index (Phi) is 6.11. The van der Waals surface area contributed by atoms with Crippen LogP contribution in [0.5, 0.6) is 5.75 Å². The van der Waals surface area contributed by atoms with Gasteiger partial charge in [-0.15, -0.1) is 0 Å². The predicted octanol–water partition coefficient (Wildman–Crippen LogP) is 1.76. The number of nitrogens with two attached hydrogens (primary N) is 1. The third-order valence-electron chi connectivity index (χ3n) is 2.52. The second-order valence-corrected chi connectivity index (χ2v) is 7.22. The molecule has 1 aromatic rings. The molecule has 0 saturated heterocycles. The van der Waals surface area contributed by atoms with E-state index < -0.39 is 9.84 Å². The van der Waals surface area contributed by atoms with E-state index in [2.05, 4.69) is 15.9 Å². The summed E-state index contributed by atoms with van der Waals surface area (Å²) in [6.07, 6.45) is 0.809. The lowest BCUT2D eigenvalue weighted by Gasteiger charge is -2.09. The van der Waals surface area contributed by atoms with Crippen LogP contribution in [0.1, 0.15) is 12.5 Å². The van der Waals surface area contributed by atoms with Gasteiger partial charge < -0.3 is 10.5 Å². The maximum absolute atomic E-state index is 11.3. The van der Waals surface area contributed by atoms with Crippen LogP contribution in [-0.4, -0.2) is 33.1 Å². The Morgan fingerprint density at radius 3 is 2.67 bits per heavy atom. The Morgan fingerprint density at radius 1 is 1.39 bits per heavy atom. The Morgan fingerprint density at radius 2 is 2.11 bits per heavy atom. The molecule has 0 unspecified atom stereocenters. The number of halogens is 1. The zero-order chi connectivity index (χ0) is 13.6. The van der Waals surface area contributed by atoms with Gasteiger partial charge in [-0.1, -0.05) is 13.0 Å². The van der Waals surface area contributed by atoms with Gasteiger partial charge in [0.05, 0.1) is 10.2 Å². The van der Waals surface area contributed by atoms with Crippen LogP contribution in [0.3, 0.4) is 0 Å². The number of hydrogen-bond acceptors (Lipinski definition) is 4. The van der Waals surface area contributed by atoms with Crippen molar-refractivity contribution < 1.29 is 13.2 Å². The fourth-order valence-electron chi connectivity index (χ4n) is 1.41. The van der Waals surface area contributed by atoms with Gasteiger partial charge in [-0.2, -0.15) is 0 Å². The Labute approximate surface area is 117 Å². The molecule has 0 aromatic heterocycles.